The van der Waals surface area contributed by atoms with E-state index in [0.29, 0.717) is 11.4 Å². The lowest BCUT2D eigenvalue weighted by molar-refractivity contribution is 0.00409. The van der Waals surface area contributed by atoms with Gasteiger partial charge in [0.15, 0.2) is 0 Å². The molecule has 90 valence electrons. The Morgan fingerprint density at radius 2 is 2.06 bits per heavy atom. The largest absolute Gasteiger partial charge is 0.388 e. The second-order valence-corrected chi connectivity index (χ2v) is 5.14. The molecule has 1 aromatic carbocycles. The Bertz CT molecular complexity index is 365. The number of rotatable bonds is 4. The van der Waals surface area contributed by atoms with Crippen LogP contribution in [0.3, 0.4) is 0 Å². The lowest BCUT2D eigenvalue weighted by Crippen LogP contribution is -2.44. The number of benzene rings is 1. The highest BCUT2D eigenvalue weighted by Gasteiger charge is 2.30. The van der Waals surface area contributed by atoms with Crippen molar-refractivity contribution in [1.29, 1.82) is 0 Å². The van der Waals surface area contributed by atoms with E-state index in [2.05, 4.69) is 0 Å². The van der Waals surface area contributed by atoms with Crippen molar-refractivity contribution in [3.8, 4) is 0 Å². The Morgan fingerprint density at radius 1 is 1.44 bits per heavy atom. The lowest BCUT2D eigenvalue weighted by Gasteiger charge is -2.31. The van der Waals surface area contributed by atoms with Gasteiger partial charge >= 0.3 is 0 Å². The van der Waals surface area contributed by atoms with E-state index in [1.54, 1.807) is 0 Å². The lowest BCUT2D eigenvalue weighted by atomic mass is 9.84. The molecule has 0 spiro atoms. The van der Waals surface area contributed by atoms with Gasteiger partial charge in [-0.05, 0) is 30.0 Å². The molecule has 0 aliphatic carbocycles. The van der Waals surface area contributed by atoms with E-state index in [0.717, 1.165) is 11.1 Å². The van der Waals surface area contributed by atoms with Crippen LogP contribution in [0, 0.1) is 12.8 Å². The van der Waals surface area contributed by atoms with Gasteiger partial charge in [-0.3, -0.25) is 0 Å². The molecule has 2 nitrogen and oxygen atoms in total. The average Bonchev–Trinajstić information content (AvgIpc) is 2.22. The number of hydrogen-bond acceptors (Lipinski definition) is 2. The van der Waals surface area contributed by atoms with Crippen molar-refractivity contribution < 1.29 is 5.11 Å². The summed E-state index contributed by atoms with van der Waals surface area (Å²) in [5, 5.41) is 11.1. The maximum absolute atomic E-state index is 10.4. The van der Waals surface area contributed by atoms with Crippen molar-refractivity contribution in [2.45, 2.75) is 32.8 Å². The van der Waals surface area contributed by atoms with Crippen LogP contribution >= 0.6 is 11.6 Å². The molecule has 1 unspecified atom stereocenters. The van der Waals surface area contributed by atoms with Crippen LogP contribution in [0.15, 0.2) is 18.2 Å². The summed E-state index contributed by atoms with van der Waals surface area (Å²) in [5.74, 6) is 0.106. The van der Waals surface area contributed by atoms with Crippen LogP contribution in [-0.2, 0) is 6.42 Å². The van der Waals surface area contributed by atoms with Crippen LogP contribution in [0.25, 0.3) is 0 Å². The van der Waals surface area contributed by atoms with Crippen molar-refractivity contribution in [3.05, 3.63) is 34.3 Å². The first-order chi connectivity index (χ1) is 7.39. The average molecular weight is 242 g/mol. The zero-order valence-corrected chi connectivity index (χ0v) is 10.9. The summed E-state index contributed by atoms with van der Waals surface area (Å²) in [6.45, 7) is 6.17. The van der Waals surface area contributed by atoms with Gasteiger partial charge in [-0.25, -0.2) is 0 Å². The Labute approximate surface area is 102 Å². The second-order valence-electron chi connectivity index (χ2n) is 4.73. The minimum absolute atomic E-state index is 0.106. The normalized spacial score (nSPS) is 15.2. The SMILES string of the molecule is Cc1ccc(CC(O)(CN)C(C)C)c(Cl)c1. The van der Waals surface area contributed by atoms with E-state index in [-0.39, 0.29) is 12.5 Å². The second kappa shape index (κ2) is 5.17. The summed E-state index contributed by atoms with van der Waals surface area (Å²) in [7, 11) is 0. The molecular weight excluding hydrogens is 222 g/mol. The van der Waals surface area contributed by atoms with E-state index in [9.17, 15) is 5.11 Å². The van der Waals surface area contributed by atoms with Crippen LogP contribution in [0.5, 0.6) is 0 Å². The summed E-state index contributed by atoms with van der Waals surface area (Å²) in [6, 6.07) is 5.87. The summed E-state index contributed by atoms with van der Waals surface area (Å²) >= 11 is 6.15. The van der Waals surface area contributed by atoms with Gasteiger partial charge in [0.1, 0.15) is 0 Å². The van der Waals surface area contributed by atoms with E-state index in [1.165, 1.54) is 0 Å². The minimum atomic E-state index is -0.876. The predicted octanol–water partition coefficient (Wildman–Crippen LogP) is 2.54. The van der Waals surface area contributed by atoms with E-state index in [1.807, 2.05) is 39.0 Å². The highest BCUT2D eigenvalue weighted by Crippen LogP contribution is 2.26. The third kappa shape index (κ3) is 2.97. The van der Waals surface area contributed by atoms with Crippen LogP contribution in [-0.4, -0.2) is 17.3 Å². The molecule has 16 heavy (non-hydrogen) atoms. The molecule has 0 heterocycles. The maximum atomic E-state index is 10.4. The first-order valence-corrected chi connectivity index (χ1v) is 5.94. The van der Waals surface area contributed by atoms with Crippen LogP contribution in [0.2, 0.25) is 5.02 Å². The van der Waals surface area contributed by atoms with E-state index in [4.69, 9.17) is 17.3 Å². The molecule has 0 aromatic heterocycles. The van der Waals surface area contributed by atoms with Gasteiger partial charge in [0.05, 0.1) is 5.60 Å². The molecule has 3 heteroatoms. The van der Waals surface area contributed by atoms with Crippen molar-refractivity contribution in [2.24, 2.45) is 11.7 Å². The molecule has 3 N–H and O–H groups in total. The first kappa shape index (κ1) is 13.5. The summed E-state index contributed by atoms with van der Waals surface area (Å²) in [6.07, 6.45) is 0.500. The molecule has 0 saturated heterocycles. The molecule has 0 bridgehead atoms. The quantitative estimate of drug-likeness (QED) is 0.851. The number of aliphatic hydroxyl groups is 1. The van der Waals surface area contributed by atoms with Gasteiger partial charge in [-0.1, -0.05) is 37.6 Å². The van der Waals surface area contributed by atoms with E-state index >= 15 is 0 Å². The van der Waals surface area contributed by atoms with Gasteiger partial charge in [0.25, 0.3) is 0 Å². The Morgan fingerprint density at radius 3 is 2.50 bits per heavy atom. The van der Waals surface area contributed by atoms with Gasteiger partial charge in [-0.2, -0.15) is 0 Å². The van der Waals surface area contributed by atoms with Gasteiger partial charge in [0.2, 0.25) is 0 Å². The van der Waals surface area contributed by atoms with Crippen molar-refractivity contribution >= 4 is 11.6 Å². The molecule has 0 aliphatic rings. The zero-order chi connectivity index (χ0) is 12.3. The smallest absolute Gasteiger partial charge is 0.0832 e. The van der Waals surface area contributed by atoms with Crippen LogP contribution in [0.1, 0.15) is 25.0 Å². The summed E-state index contributed by atoms with van der Waals surface area (Å²) < 4.78 is 0. The monoisotopic (exact) mass is 241 g/mol. The molecule has 0 fully saturated rings. The van der Waals surface area contributed by atoms with Crippen molar-refractivity contribution in [3.63, 3.8) is 0 Å². The van der Waals surface area contributed by atoms with Gasteiger partial charge in [0, 0.05) is 18.0 Å². The highest BCUT2D eigenvalue weighted by atomic mass is 35.5. The standard InChI is InChI=1S/C13H20ClNO/c1-9(2)13(16,8-15)7-11-5-4-10(3)6-12(11)14/h4-6,9,16H,7-8,15H2,1-3H3. The number of aryl methyl sites for hydroxylation is 1. The minimum Gasteiger partial charge on any atom is -0.388 e. The van der Waals surface area contributed by atoms with Gasteiger partial charge in [-0.15, -0.1) is 0 Å². The molecule has 1 atom stereocenters. The molecular formula is C13H20ClNO. The zero-order valence-electron chi connectivity index (χ0n) is 10.1. The molecule has 0 amide bonds. The van der Waals surface area contributed by atoms with Gasteiger partial charge < -0.3 is 10.8 Å². The van der Waals surface area contributed by atoms with Crippen molar-refractivity contribution in [1.82, 2.24) is 0 Å². The predicted molar refractivity (Wildman–Crippen MR) is 68.7 cm³/mol. The fraction of sp³-hybridized carbons (Fsp3) is 0.538. The fourth-order valence-electron chi connectivity index (χ4n) is 1.64. The highest BCUT2D eigenvalue weighted by molar-refractivity contribution is 6.31. The van der Waals surface area contributed by atoms with E-state index < -0.39 is 5.60 Å². The Kier molecular flexibility index (Phi) is 4.36. The molecule has 0 aliphatic heterocycles. The first-order valence-electron chi connectivity index (χ1n) is 5.56. The molecule has 0 saturated carbocycles. The fourth-order valence-corrected chi connectivity index (χ4v) is 1.94. The maximum Gasteiger partial charge on any atom is 0.0832 e. The molecule has 1 rings (SSSR count). The third-order valence-corrected chi connectivity index (χ3v) is 3.49. The Hall–Kier alpha value is -0.570. The summed E-state index contributed by atoms with van der Waals surface area (Å²) in [4.78, 5) is 0. The number of hydrogen-bond donors (Lipinski definition) is 2. The topological polar surface area (TPSA) is 46.2 Å². The third-order valence-electron chi connectivity index (χ3n) is 3.13. The van der Waals surface area contributed by atoms with Crippen molar-refractivity contribution in [2.75, 3.05) is 6.54 Å². The summed E-state index contributed by atoms with van der Waals surface area (Å²) in [5.41, 5.74) is 6.84. The molecule has 0 radical (unpaired) electrons. The van der Waals surface area contributed by atoms with Crippen LogP contribution in [0.4, 0.5) is 0 Å². The Balaban J connectivity index is 2.95. The molecule has 1 aromatic rings. The van der Waals surface area contributed by atoms with Crippen LogP contribution < -0.4 is 5.73 Å². The number of halogens is 1. The number of nitrogens with two attached hydrogens (primary N) is 1.